The Morgan fingerprint density at radius 1 is 1.04 bits per heavy atom. The molecular weight excluding hydrogens is 316 g/mol. The minimum absolute atomic E-state index is 0.0216. The fourth-order valence-electron chi connectivity index (χ4n) is 2.73. The number of ether oxygens (including phenoxy) is 3. The minimum atomic E-state index is -1.27. The molecule has 1 aliphatic rings. The first-order chi connectivity index (χ1) is 11.3. The van der Waals surface area contributed by atoms with Crippen molar-refractivity contribution in [3.05, 3.63) is 0 Å². The zero-order valence-corrected chi connectivity index (χ0v) is 14.4. The van der Waals surface area contributed by atoms with Crippen LogP contribution in [0.4, 0.5) is 0 Å². The molecule has 1 saturated carbocycles. The Kier molecular flexibility index (Phi) is 8.30. The summed E-state index contributed by atoms with van der Waals surface area (Å²) < 4.78 is 14.9. The third-order valence-electron chi connectivity index (χ3n) is 4.40. The van der Waals surface area contributed by atoms with Crippen LogP contribution in [0.3, 0.4) is 0 Å². The van der Waals surface area contributed by atoms with Crippen LogP contribution in [0.5, 0.6) is 0 Å². The maximum Gasteiger partial charge on any atom is 0.333 e. The molecule has 0 saturated heterocycles. The highest BCUT2D eigenvalue weighted by Gasteiger charge is 2.33. The Morgan fingerprint density at radius 2 is 1.62 bits per heavy atom. The lowest BCUT2D eigenvalue weighted by Gasteiger charge is -2.37. The molecule has 0 aromatic rings. The van der Waals surface area contributed by atoms with Crippen LogP contribution in [-0.2, 0) is 28.6 Å². The number of carbonyl (C=O) groups is 3. The van der Waals surface area contributed by atoms with E-state index >= 15 is 0 Å². The van der Waals surface area contributed by atoms with Crippen LogP contribution in [0.1, 0.15) is 51.9 Å². The first kappa shape index (κ1) is 20.5. The lowest BCUT2D eigenvalue weighted by Crippen LogP contribution is -2.45. The molecule has 0 aliphatic heterocycles. The SMILES string of the molecule is CCC1(OC[C@H](N)C(=O)OC(=O)[C@@H](N)CC(=O)OC)CCCCC1. The van der Waals surface area contributed by atoms with Crippen molar-refractivity contribution >= 4 is 17.9 Å². The summed E-state index contributed by atoms with van der Waals surface area (Å²) in [6, 6.07) is -2.35. The number of carbonyl (C=O) groups excluding carboxylic acids is 3. The van der Waals surface area contributed by atoms with E-state index in [-0.39, 0.29) is 18.6 Å². The summed E-state index contributed by atoms with van der Waals surface area (Å²) in [5, 5.41) is 0. The minimum Gasteiger partial charge on any atom is -0.469 e. The average molecular weight is 344 g/mol. The van der Waals surface area contributed by atoms with Crippen LogP contribution in [0.25, 0.3) is 0 Å². The zero-order chi connectivity index (χ0) is 18.2. The van der Waals surface area contributed by atoms with E-state index in [0.717, 1.165) is 32.1 Å². The Balaban J connectivity index is 2.43. The van der Waals surface area contributed by atoms with Crippen molar-refractivity contribution < 1.29 is 28.6 Å². The lowest BCUT2D eigenvalue weighted by atomic mass is 9.83. The standard InChI is InChI=1S/C16H28N2O6/c1-3-16(7-5-4-6-8-16)23-10-12(18)15(21)24-14(20)11(17)9-13(19)22-2/h11-12H,3-10,17-18H2,1-2H3/t11-,12-/m0/s1. The predicted octanol–water partition coefficient (Wildman–Crippen LogP) is 0.403. The van der Waals surface area contributed by atoms with E-state index in [2.05, 4.69) is 9.47 Å². The summed E-state index contributed by atoms with van der Waals surface area (Å²) in [6.45, 7) is 2.02. The zero-order valence-electron chi connectivity index (χ0n) is 14.4. The van der Waals surface area contributed by atoms with Crippen LogP contribution < -0.4 is 11.5 Å². The predicted molar refractivity (Wildman–Crippen MR) is 85.7 cm³/mol. The van der Waals surface area contributed by atoms with Gasteiger partial charge in [-0.2, -0.15) is 0 Å². The van der Waals surface area contributed by atoms with Gasteiger partial charge in [-0.1, -0.05) is 26.2 Å². The number of hydrogen-bond donors (Lipinski definition) is 2. The smallest absolute Gasteiger partial charge is 0.333 e. The highest BCUT2D eigenvalue weighted by atomic mass is 16.6. The first-order valence-corrected chi connectivity index (χ1v) is 8.31. The number of rotatable bonds is 8. The molecule has 138 valence electrons. The van der Waals surface area contributed by atoms with Crippen LogP contribution in [-0.4, -0.2) is 49.3 Å². The second-order valence-electron chi connectivity index (χ2n) is 6.14. The summed E-state index contributed by atoms with van der Waals surface area (Å²) in [5.74, 6) is -2.59. The van der Waals surface area contributed by atoms with Gasteiger partial charge < -0.3 is 25.7 Å². The third-order valence-corrected chi connectivity index (χ3v) is 4.40. The molecule has 4 N–H and O–H groups in total. The molecule has 0 bridgehead atoms. The monoisotopic (exact) mass is 344 g/mol. The molecule has 0 aromatic heterocycles. The molecule has 8 nitrogen and oxygen atoms in total. The first-order valence-electron chi connectivity index (χ1n) is 8.31. The van der Waals surface area contributed by atoms with Crippen LogP contribution >= 0.6 is 0 Å². The molecule has 2 atom stereocenters. The molecule has 8 heteroatoms. The van der Waals surface area contributed by atoms with Crippen molar-refractivity contribution in [2.75, 3.05) is 13.7 Å². The third kappa shape index (κ3) is 6.18. The van der Waals surface area contributed by atoms with E-state index in [1.807, 2.05) is 6.92 Å². The van der Waals surface area contributed by atoms with Crippen LogP contribution in [0.15, 0.2) is 0 Å². The second-order valence-corrected chi connectivity index (χ2v) is 6.14. The molecule has 0 unspecified atom stereocenters. The van der Waals surface area contributed by atoms with Crippen molar-refractivity contribution in [2.45, 2.75) is 69.6 Å². The van der Waals surface area contributed by atoms with Crippen molar-refractivity contribution in [3.8, 4) is 0 Å². The van der Waals surface area contributed by atoms with E-state index in [1.165, 1.54) is 13.5 Å². The maximum atomic E-state index is 11.9. The van der Waals surface area contributed by atoms with Gasteiger partial charge in [-0.25, -0.2) is 9.59 Å². The van der Waals surface area contributed by atoms with Gasteiger partial charge in [0.15, 0.2) is 0 Å². The van der Waals surface area contributed by atoms with E-state index in [9.17, 15) is 14.4 Å². The highest BCUT2D eigenvalue weighted by molar-refractivity contribution is 5.92. The Labute approximate surface area is 142 Å². The summed E-state index contributed by atoms with van der Waals surface area (Å²) >= 11 is 0. The topological polar surface area (TPSA) is 131 Å². The average Bonchev–Trinajstić information content (AvgIpc) is 2.59. The van der Waals surface area contributed by atoms with E-state index < -0.39 is 30.0 Å². The van der Waals surface area contributed by atoms with Gasteiger partial charge in [0.2, 0.25) is 0 Å². The van der Waals surface area contributed by atoms with Gasteiger partial charge in [-0.05, 0) is 19.3 Å². The molecular formula is C16H28N2O6. The van der Waals surface area contributed by atoms with Gasteiger partial charge in [0.1, 0.15) is 12.1 Å². The maximum absolute atomic E-state index is 11.9. The lowest BCUT2D eigenvalue weighted by molar-refractivity contribution is -0.165. The van der Waals surface area contributed by atoms with Crippen LogP contribution in [0, 0.1) is 0 Å². The van der Waals surface area contributed by atoms with Gasteiger partial charge in [0.25, 0.3) is 0 Å². The van der Waals surface area contributed by atoms with Gasteiger partial charge >= 0.3 is 17.9 Å². The van der Waals surface area contributed by atoms with E-state index in [4.69, 9.17) is 16.2 Å². The largest absolute Gasteiger partial charge is 0.469 e. The van der Waals surface area contributed by atoms with E-state index in [0.29, 0.717) is 0 Å². The van der Waals surface area contributed by atoms with Crippen molar-refractivity contribution in [3.63, 3.8) is 0 Å². The fraction of sp³-hybridized carbons (Fsp3) is 0.812. The van der Waals surface area contributed by atoms with Crippen molar-refractivity contribution in [1.82, 2.24) is 0 Å². The van der Waals surface area contributed by atoms with Crippen LogP contribution in [0.2, 0.25) is 0 Å². The molecule has 0 spiro atoms. The molecule has 0 aromatic carbocycles. The molecule has 1 fully saturated rings. The summed E-state index contributed by atoms with van der Waals surface area (Å²) in [5.41, 5.74) is 11.0. The number of methoxy groups -OCH3 is 1. The van der Waals surface area contributed by atoms with E-state index in [1.54, 1.807) is 0 Å². The Bertz CT molecular complexity index is 448. The normalized spacial score (nSPS) is 19.2. The van der Waals surface area contributed by atoms with Gasteiger partial charge in [0.05, 0.1) is 25.7 Å². The Hall–Kier alpha value is -1.51. The second kappa shape index (κ2) is 9.71. The van der Waals surface area contributed by atoms with Gasteiger partial charge in [-0.3, -0.25) is 4.79 Å². The number of nitrogens with two attached hydrogens (primary N) is 2. The quantitative estimate of drug-likeness (QED) is 0.478. The molecule has 0 amide bonds. The van der Waals surface area contributed by atoms with Crippen molar-refractivity contribution in [2.24, 2.45) is 11.5 Å². The fourth-order valence-corrected chi connectivity index (χ4v) is 2.73. The van der Waals surface area contributed by atoms with Gasteiger partial charge in [0, 0.05) is 0 Å². The molecule has 1 rings (SSSR count). The summed E-state index contributed by atoms with van der Waals surface area (Å²) in [6.07, 6.45) is 5.72. The number of esters is 3. The highest BCUT2D eigenvalue weighted by Crippen LogP contribution is 2.34. The molecule has 24 heavy (non-hydrogen) atoms. The summed E-state index contributed by atoms with van der Waals surface area (Å²) in [7, 11) is 1.17. The molecule has 0 radical (unpaired) electrons. The Morgan fingerprint density at radius 3 is 2.17 bits per heavy atom. The molecule has 1 aliphatic carbocycles. The van der Waals surface area contributed by atoms with Crippen molar-refractivity contribution in [1.29, 1.82) is 0 Å². The van der Waals surface area contributed by atoms with Gasteiger partial charge in [-0.15, -0.1) is 0 Å². The number of hydrogen-bond acceptors (Lipinski definition) is 8. The molecule has 0 heterocycles. The summed E-state index contributed by atoms with van der Waals surface area (Å²) in [4.78, 5) is 34.6.